The number of rotatable bonds is 4. The lowest BCUT2D eigenvalue weighted by Crippen LogP contribution is -2.21. The van der Waals surface area contributed by atoms with E-state index in [2.05, 4.69) is 10.1 Å². The predicted molar refractivity (Wildman–Crippen MR) is 56.8 cm³/mol. The second-order valence-corrected chi connectivity index (χ2v) is 4.16. The van der Waals surface area contributed by atoms with E-state index in [4.69, 9.17) is 9.26 Å². The number of hydrogen-bond donors (Lipinski definition) is 1. The molecule has 5 heteroatoms. The summed E-state index contributed by atoms with van der Waals surface area (Å²) in [5.41, 5.74) is 0. The third-order valence-corrected chi connectivity index (χ3v) is 2.84. The van der Waals surface area contributed by atoms with Crippen molar-refractivity contribution in [3.05, 3.63) is 11.7 Å². The van der Waals surface area contributed by atoms with Crippen LogP contribution < -0.4 is 0 Å². The van der Waals surface area contributed by atoms with Crippen LogP contribution in [0.2, 0.25) is 0 Å². The van der Waals surface area contributed by atoms with Crippen molar-refractivity contribution in [2.45, 2.75) is 51.2 Å². The summed E-state index contributed by atoms with van der Waals surface area (Å²) in [4.78, 5) is 4.17. The minimum atomic E-state index is -0.621. The zero-order valence-corrected chi connectivity index (χ0v) is 9.56. The molecule has 0 amide bonds. The first-order valence-corrected chi connectivity index (χ1v) is 5.91. The smallest absolute Gasteiger partial charge is 0.229 e. The Morgan fingerprint density at radius 1 is 1.50 bits per heavy atom. The van der Waals surface area contributed by atoms with E-state index < -0.39 is 6.10 Å². The number of aromatic nitrogens is 2. The fourth-order valence-electron chi connectivity index (χ4n) is 1.83. The Morgan fingerprint density at radius 2 is 2.38 bits per heavy atom. The summed E-state index contributed by atoms with van der Waals surface area (Å²) >= 11 is 0. The van der Waals surface area contributed by atoms with E-state index >= 15 is 0 Å². The second-order valence-electron chi connectivity index (χ2n) is 4.16. The third-order valence-electron chi connectivity index (χ3n) is 2.84. The Morgan fingerprint density at radius 3 is 3.06 bits per heavy atom. The molecular formula is C11H18N2O3. The van der Waals surface area contributed by atoms with Gasteiger partial charge in [0.05, 0.1) is 12.5 Å². The molecule has 16 heavy (non-hydrogen) atoms. The van der Waals surface area contributed by atoms with Crippen LogP contribution in [0.15, 0.2) is 4.52 Å². The van der Waals surface area contributed by atoms with Crippen LogP contribution in [0.4, 0.5) is 0 Å². The summed E-state index contributed by atoms with van der Waals surface area (Å²) in [6.07, 6.45) is 4.21. The number of hydrogen-bond acceptors (Lipinski definition) is 5. The lowest BCUT2D eigenvalue weighted by Gasteiger charge is -2.20. The molecule has 0 aliphatic carbocycles. The molecule has 1 aromatic rings. The van der Waals surface area contributed by atoms with Crippen molar-refractivity contribution in [2.75, 3.05) is 6.61 Å². The van der Waals surface area contributed by atoms with E-state index in [0.29, 0.717) is 24.6 Å². The summed E-state index contributed by atoms with van der Waals surface area (Å²) in [6, 6.07) is 0. The van der Waals surface area contributed by atoms with Gasteiger partial charge in [-0.2, -0.15) is 4.98 Å². The SMILES string of the molecule is CCC(O)c1noc(CC2CCCCO2)n1. The first-order valence-electron chi connectivity index (χ1n) is 5.91. The van der Waals surface area contributed by atoms with Crippen LogP contribution in [0.5, 0.6) is 0 Å². The van der Waals surface area contributed by atoms with Gasteiger partial charge >= 0.3 is 0 Å². The van der Waals surface area contributed by atoms with Gasteiger partial charge in [-0.05, 0) is 25.7 Å². The Bertz CT molecular complexity index is 321. The molecule has 0 spiro atoms. The summed E-state index contributed by atoms with van der Waals surface area (Å²) < 4.78 is 10.7. The zero-order chi connectivity index (χ0) is 11.4. The summed E-state index contributed by atoms with van der Waals surface area (Å²) in [5.74, 6) is 0.947. The lowest BCUT2D eigenvalue weighted by atomic mass is 10.1. The highest BCUT2D eigenvalue weighted by molar-refractivity contribution is 4.92. The number of nitrogens with zero attached hydrogens (tertiary/aromatic N) is 2. The average Bonchev–Trinajstić information content (AvgIpc) is 2.78. The first-order chi connectivity index (χ1) is 7.79. The molecule has 90 valence electrons. The predicted octanol–water partition coefficient (Wildman–Crippen LogP) is 1.62. The maximum absolute atomic E-state index is 9.53. The molecular weight excluding hydrogens is 208 g/mol. The highest BCUT2D eigenvalue weighted by Crippen LogP contribution is 2.18. The van der Waals surface area contributed by atoms with Crippen molar-refractivity contribution in [3.8, 4) is 0 Å². The minimum Gasteiger partial charge on any atom is -0.385 e. The first kappa shape index (κ1) is 11.5. The molecule has 0 radical (unpaired) electrons. The third kappa shape index (κ3) is 2.80. The van der Waals surface area contributed by atoms with Gasteiger partial charge < -0.3 is 14.4 Å². The van der Waals surface area contributed by atoms with Crippen LogP contribution in [0.25, 0.3) is 0 Å². The molecule has 0 saturated carbocycles. The largest absolute Gasteiger partial charge is 0.385 e. The van der Waals surface area contributed by atoms with Gasteiger partial charge in [-0.15, -0.1) is 0 Å². The van der Waals surface area contributed by atoms with E-state index in [-0.39, 0.29) is 6.10 Å². The van der Waals surface area contributed by atoms with Gasteiger partial charge in [0.15, 0.2) is 5.82 Å². The van der Waals surface area contributed by atoms with Crippen LogP contribution in [0, 0.1) is 0 Å². The quantitative estimate of drug-likeness (QED) is 0.845. The second kappa shape index (κ2) is 5.41. The summed E-state index contributed by atoms with van der Waals surface area (Å²) in [5, 5.41) is 13.3. The minimum absolute atomic E-state index is 0.195. The molecule has 1 N–H and O–H groups in total. The standard InChI is InChI=1S/C11H18N2O3/c1-2-9(14)11-12-10(16-13-11)7-8-5-3-4-6-15-8/h8-9,14H,2-7H2,1H3. The van der Waals surface area contributed by atoms with Crippen molar-refractivity contribution in [1.82, 2.24) is 10.1 Å². The average molecular weight is 226 g/mol. The molecule has 0 bridgehead atoms. The number of aliphatic hydroxyl groups excluding tert-OH is 1. The Balaban J connectivity index is 1.91. The van der Waals surface area contributed by atoms with Crippen LogP contribution >= 0.6 is 0 Å². The lowest BCUT2D eigenvalue weighted by molar-refractivity contribution is 0.0124. The fourth-order valence-corrected chi connectivity index (χ4v) is 1.83. The van der Waals surface area contributed by atoms with E-state index in [1.165, 1.54) is 6.42 Å². The Hall–Kier alpha value is -0.940. The molecule has 2 rings (SSSR count). The normalized spacial score (nSPS) is 23.2. The van der Waals surface area contributed by atoms with E-state index in [9.17, 15) is 5.11 Å². The van der Waals surface area contributed by atoms with Gasteiger partial charge in [0.1, 0.15) is 6.10 Å². The topological polar surface area (TPSA) is 68.4 Å². The van der Waals surface area contributed by atoms with Crippen LogP contribution in [0.1, 0.15) is 50.4 Å². The maximum atomic E-state index is 9.53. The molecule has 1 aromatic heterocycles. The van der Waals surface area contributed by atoms with Crippen molar-refractivity contribution < 1.29 is 14.4 Å². The van der Waals surface area contributed by atoms with Crippen molar-refractivity contribution in [1.29, 1.82) is 0 Å². The number of aliphatic hydroxyl groups is 1. The van der Waals surface area contributed by atoms with E-state index in [0.717, 1.165) is 19.4 Å². The Labute approximate surface area is 94.8 Å². The van der Waals surface area contributed by atoms with Gasteiger partial charge in [0.2, 0.25) is 5.89 Å². The van der Waals surface area contributed by atoms with Crippen molar-refractivity contribution in [3.63, 3.8) is 0 Å². The molecule has 1 fully saturated rings. The van der Waals surface area contributed by atoms with Gasteiger partial charge in [-0.25, -0.2) is 0 Å². The Kier molecular flexibility index (Phi) is 3.90. The van der Waals surface area contributed by atoms with E-state index in [1.807, 2.05) is 6.92 Å². The van der Waals surface area contributed by atoms with Gasteiger partial charge in [-0.3, -0.25) is 0 Å². The molecule has 2 atom stereocenters. The van der Waals surface area contributed by atoms with E-state index in [1.54, 1.807) is 0 Å². The van der Waals surface area contributed by atoms with Gasteiger partial charge in [-0.1, -0.05) is 12.1 Å². The van der Waals surface area contributed by atoms with Crippen LogP contribution in [-0.4, -0.2) is 28.0 Å². The zero-order valence-electron chi connectivity index (χ0n) is 9.56. The van der Waals surface area contributed by atoms with Crippen LogP contribution in [0.3, 0.4) is 0 Å². The van der Waals surface area contributed by atoms with Crippen LogP contribution in [-0.2, 0) is 11.2 Å². The van der Waals surface area contributed by atoms with Gasteiger partial charge in [0.25, 0.3) is 0 Å². The molecule has 2 heterocycles. The highest BCUT2D eigenvalue weighted by atomic mass is 16.5. The molecule has 1 aliphatic heterocycles. The fraction of sp³-hybridized carbons (Fsp3) is 0.818. The monoisotopic (exact) mass is 226 g/mol. The number of ether oxygens (including phenoxy) is 1. The van der Waals surface area contributed by atoms with Crippen molar-refractivity contribution in [2.24, 2.45) is 0 Å². The molecule has 1 aliphatic rings. The molecule has 5 nitrogen and oxygen atoms in total. The van der Waals surface area contributed by atoms with Crippen molar-refractivity contribution >= 4 is 0 Å². The summed E-state index contributed by atoms with van der Waals surface area (Å²) in [6.45, 7) is 2.70. The van der Waals surface area contributed by atoms with Gasteiger partial charge in [0, 0.05) is 6.61 Å². The highest BCUT2D eigenvalue weighted by Gasteiger charge is 2.19. The molecule has 1 saturated heterocycles. The summed E-state index contributed by atoms with van der Waals surface area (Å²) in [7, 11) is 0. The maximum Gasteiger partial charge on any atom is 0.229 e. The molecule has 0 aromatic carbocycles. The molecule has 2 unspecified atom stereocenters.